The molecule has 18 fully saturated rings. The lowest BCUT2D eigenvalue weighted by molar-refractivity contribution is -0.133. The summed E-state index contributed by atoms with van der Waals surface area (Å²) in [6.45, 7) is 115. The Hall–Kier alpha value is -1.70. The van der Waals surface area contributed by atoms with Crippen molar-refractivity contribution in [3.63, 3.8) is 0 Å². The van der Waals surface area contributed by atoms with Crippen molar-refractivity contribution in [3.05, 3.63) is 0 Å². The minimum absolute atomic E-state index is 0.0122. The molecular formula is C114H198N6O12S4. The number of carbonyl (C=O) groups excluding carboxylic acids is 6. The van der Waals surface area contributed by atoms with Crippen molar-refractivity contribution >= 4 is 77.9 Å². The highest BCUT2D eigenvalue weighted by Crippen LogP contribution is 2.91. The first-order chi connectivity index (χ1) is 60.2. The Kier molecular flexibility index (Phi) is 25.8. The molecule has 0 aromatic carbocycles. The van der Waals surface area contributed by atoms with Crippen LogP contribution in [0.5, 0.6) is 0 Å². The van der Waals surface area contributed by atoms with E-state index in [0.717, 1.165) is 104 Å². The Morgan fingerprint density at radius 2 is 0.353 bits per heavy atom. The van der Waals surface area contributed by atoms with Crippen LogP contribution >= 0.6 is 23.5 Å². The average molecular weight is 1970 g/mol. The van der Waals surface area contributed by atoms with Gasteiger partial charge >= 0.3 is 0 Å². The molecule has 0 amide bonds. The molecule has 12 aliphatic heterocycles. The van der Waals surface area contributed by atoms with E-state index < -0.39 is 19.7 Å². The number of ketones is 6. The van der Waals surface area contributed by atoms with Gasteiger partial charge in [0.25, 0.3) is 0 Å². The summed E-state index contributed by atoms with van der Waals surface area (Å²) in [5.41, 5.74) is 2.08. The maximum absolute atomic E-state index is 13.1. The Morgan fingerprint density at radius 1 is 0.221 bits per heavy atom. The quantitative estimate of drug-likeness (QED) is 0.242. The lowest BCUT2D eigenvalue weighted by Gasteiger charge is -2.38. The normalized spacial score (nSPS) is 36.7. The molecule has 136 heavy (non-hydrogen) atoms. The Bertz CT molecular complexity index is 4490. The standard InChI is InChI=1S/2C19H33NO3S.2C19H33NO2.2C19H33NOS/c2*1-15(2,3)14(21)13-9-18(10-20(13)16(4,5)6)17(7,8)19(18)11-24(22,23)12-19;4*1-15(2,3)14(21)13-9-18(10-20(13)16(4,5)6)17(7,8)19(18)11-22-12-19/h2*13H,9-12H2,1-8H3;4*13H,9-12H2,1-8H3/t13-,18?;13-,18-;13-,18+;13-,18-;13-,18+;13-,18-/m000000/s1. The predicted molar refractivity (Wildman–Crippen MR) is 561 cm³/mol. The van der Waals surface area contributed by atoms with Crippen LogP contribution in [-0.2, 0) is 57.9 Å². The van der Waals surface area contributed by atoms with Crippen molar-refractivity contribution in [2.24, 2.45) is 130 Å². The van der Waals surface area contributed by atoms with Crippen molar-refractivity contribution in [2.45, 2.75) is 440 Å². The van der Waals surface area contributed by atoms with Gasteiger partial charge < -0.3 is 9.47 Å². The molecule has 1 unspecified atom stereocenters. The number of ether oxygens (including phenoxy) is 2. The van der Waals surface area contributed by atoms with Gasteiger partial charge in [-0.15, -0.1) is 0 Å². The summed E-state index contributed by atoms with van der Waals surface area (Å²) < 4.78 is 59.0. The molecule has 12 spiro atoms. The van der Waals surface area contributed by atoms with E-state index in [4.69, 9.17) is 9.47 Å². The first kappa shape index (κ1) is 111. The Morgan fingerprint density at radius 3 is 0.449 bits per heavy atom. The molecule has 6 aliphatic carbocycles. The van der Waals surface area contributed by atoms with Gasteiger partial charge in [-0.3, -0.25) is 58.2 Å². The SMILES string of the molecule is CC(C)(C)C(=O)[C@@H]1CC2(CN1C(C)(C)C)C(C)(C)C21CS(=O)(=O)C1.CC(C)(C)C(=O)[C@@H]1C[C@@]2(CN1C(C)(C)C)C(C)(C)C21COC1.CC(C)(C)C(=O)[C@@H]1C[C@@]2(CN1C(C)(C)C)C(C)(C)C21CSC1.CC(C)(C)C(=O)[C@@H]1C[C@]2(CN1C(C)(C)C)C(C)(C)C21COC1.CC(C)(C)C(=O)[C@@H]1C[C@]2(CN1C(C)(C)C)C(C)(C)C21CS(=O)(=O)C1.CC(C)(C)C(=O)[C@@H]1C[C@]2(CN1C(C)(C)C)C(C)(C)C21CSC1. The molecule has 18 nitrogen and oxygen atoms in total. The van der Waals surface area contributed by atoms with Crippen LogP contribution in [-0.4, -0.2) is 262 Å². The second-order valence-electron chi connectivity index (χ2n) is 63.6. The highest BCUT2D eigenvalue weighted by Gasteiger charge is 2.93. The highest BCUT2D eigenvalue weighted by atomic mass is 32.2. The lowest BCUT2D eigenvalue weighted by atomic mass is 9.81. The summed E-state index contributed by atoms with van der Waals surface area (Å²) in [5.74, 6) is 8.67. The fourth-order valence-electron chi connectivity index (χ4n) is 32.9. The van der Waals surface area contributed by atoms with Gasteiger partial charge in [0.15, 0.2) is 54.4 Å². The van der Waals surface area contributed by atoms with Crippen LogP contribution in [0.1, 0.15) is 371 Å². The van der Waals surface area contributed by atoms with Gasteiger partial charge in [-0.05, 0) is 217 Å². The monoisotopic (exact) mass is 1970 g/mol. The maximum atomic E-state index is 13.1. The van der Waals surface area contributed by atoms with E-state index in [2.05, 4.69) is 344 Å². The third kappa shape index (κ3) is 15.4. The molecule has 0 aromatic heterocycles. The number of thioether (sulfide) groups is 2. The zero-order chi connectivity index (χ0) is 104. The number of hydrogen-bond donors (Lipinski definition) is 0. The summed E-state index contributed by atoms with van der Waals surface area (Å²) in [5, 5.41) is 0. The van der Waals surface area contributed by atoms with E-state index >= 15 is 0 Å². The molecule has 18 aliphatic rings. The molecule has 6 saturated carbocycles. The molecule has 0 aromatic rings. The van der Waals surface area contributed by atoms with E-state index in [0.29, 0.717) is 89.5 Å². The van der Waals surface area contributed by atoms with Gasteiger partial charge in [0.05, 0.1) is 85.7 Å². The fraction of sp³-hybridized carbons (Fsp3) is 0.947. The van der Waals surface area contributed by atoms with Crippen LogP contribution in [0, 0.1) is 130 Å². The average Bonchev–Trinajstić information content (AvgIpc) is 1.41. The molecule has 12 atom stereocenters. The van der Waals surface area contributed by atoms with Crippen LogP contribution in [0.4, 0.5) is 0 Å². The first-order valence-corrected chi connectivity index (χ1v) is 58.8. The van der Waals surface area contributed by atoms with Crippen molar-refractivity contribution in [1.29, 1.82) is 0 Å². The second-order valence-corrected chi connectivity index (χ2v) is 69.7. The zero-order valence-electron chi connectivity index (χ0n) is 95.6. The molecular weight excluding hydrogens is 1770 g/mol. The molecule has 780 valence electrons. The molecule has 22 heteroatoms. The number of sulfone groups is 2. The molecule has 0 bridgehead atoms. The molecule has 12 saturated heterocycles. The van der Waals surface area contributed by atoms with Gasteiger partial charge in [-0.2, -0.15) is 23.5 Å². The summed E-state index contributed by atoms with van der Waals surface area (Å²) in [4.78, 5) is 93.4. The van der Waals surface area contributed by atoms with Gasteiger partial charge in [0, 0.05) is 171 Å². The van der Waals surface area contributed by atoms with Crippen molar-refractivity contribution in [2.75, 3.05) is 112 Å². The lowest BCUT2D eigenvalue weighted by Crippen LogP contribution is -2.50. The first-order valence-electron chi connectivity index (χ1n) is 52.8. The van der Waals surface area contributed by atoms with Crippen molar-refractivity contribution in [3.8, 4) is 0 Å². The largest absolute Gasteiger partial charge is 0.380 e. The van der Waals surface area contributed by atoms with Crippen molar-refractivity contribution < 1.29 is 55.1 Å². The molecule has 12 heterocycles. The minimum Gasteiger partial charge on any atom is -0.380 e. The van der Waals surface area contributed by atoms with Crippen molar-refractivity contribution in [1.82, 2.24) is 29.4 Å². The number of fused-ring (bicyclic) bond motifs is 6. The van der Waals surface area contributed by atoms with E-state index in [1.165, 1.54) is 23.0 Å². The summed E-state index contributed by atoms with van der Waals surface area (Å²) in [7, 11) is -5.77. The molecule has 0 radical (unpaired) electrons. The van der Waals surface area contributed by atoms with Gasteiger partial charge in [-0.1, -0.05) is 208 Å². The molecule has 18 rings (SSSR count). The third-order valence-electron chi connectivity index (χ3n) is 43.7. The van der Waals surface area contributed by atoms with E-state index in [-0.39, 0.29) is 168 Å². The zero-order valence-corrected chi connectivity index (χ0v) is 98.9. The predicted octanol–water partition coefficient (Wildman–Crippen LogP) is 21.3. The number of carbonyl (C=O) groups is 6. The Balaban J connectivity index is 0.000000138. The summed E-state index contributed by atoms with van der Waals surface area (Å²) in [6.07, 6.45) is 5.79. The van der Waals surface area contributed by atoms with Crippen LogP contribution in [0.15, 0.2) is 0 Å². The van der Waals surface area contributed by atoms with Crippen LogP contribution in [0.2, 0.25) is 0 Å². The fourth-order valence-corrected chi connectivity index (χ4v) is 42.0. The van der Waals surface area contributed by atoms with Crippen LogP contribution in [0.3, 0.4) is 0 Å². The number of nitrogens with zero attached hydrogens (tertiary/aromatic N) is 6. The van der Waals surface area contributed by atoms with E-state index in [1.54, 1.807) is 0 Å². The van der Waals surface area contributed by atoms with E-state index in [1.807, 2.05) is 41.5 Å². The van der Waals surface area contributed by atoms with Crippen LogP contribution < -0.4 is 0 Å². The van der Waals surface area contributed by atoms with Crippen LogP contribution in [0.25, 0.3) is 0 Å². The number of rotatable bonds is 6. The van der Waals surface area contributed by atoms with Gasteiger partial charge in [-0.25, -0.2) is 16.8 Å². The van der Waals surface area contributed by atoms with Gasteiger partial charge in [0.1, 0.15) is 0 Å². The topological polar surface area (TPSA) is 209 Å². The third-order valence-corrected chi connectivity index (χ3v) is 50.2. The smallest absolute Gasteiger partial charge is 0.155 e. The number of likely N-dealkylation sites (tertiary alicyclic amines) is 6. The minimum atomic E-state index is -2.88. The van der Waals surface area contributed by atoms with E-state index in [9.17, 15) is 45.6 Å². The second kappa shape index (κ2) is 31.5. The summed E-state index contributed by atoms with van der Waals surface area (Å²) >= 11 is 4.18. The maximum Gasteiger partial charge on any atom is 0.155 e. The van der Waals surface area contributed by atoms with Gasteiger partial charge in [0.2, 0.25) is 0 Å². The summed E-state index contributed by atoms with van der Waals surface area (Å²) in [6, 6.07) is 0.103. The number of Topliss-reactive ketones (excluding diaryl/α,β-unsaturated/α-hetero) is 6. The molecule has 0 N–H and O–H groups in total. The Labute approximate surface area is 838 Å². The highest BCUT2D eigenvalue weighted by molar-refractivity contribution is 8.01. The number of hydrogen-bond acceptors (Lipinski definition) is 20.